The third kappa shape index (κ3) is 1.94. The Labute approximate surface area is 112 Å². The van der Waals surface area contributed by atoms with Gasteiger partial charge >= 0.3 is 5.97 Å². The summed E-state index contributed by atoms with van der Waals surface area (Å²) in [4.78, 5) is 21.8. The normalized spacial score (nSPS) is 10.8. The maximum atomic E-state index is 11.0. The Bertz CT molecular complexity index is 768. The standard InChI is InChI=1S/C13H8ClN3O2/c14-9-2-1-7-3-10(13(18)19)17-12(7)11(9)8-4-15-6-16-5-8/h1-6,17H,(H,18,19). The number of fused-ring (bicyclic) bond motifs is 1. The van der Waals surface area contributed by atoms with E-state index in [1.165, 1.54) is 6.33 Å². The number of aromatic nitrogens is 3. The fourth-order valence-corrected chi connectivity index (χ4v) is 2.27. The van der Waals surface area contributed by atoms with Gasteiger partial charge in [0.2, 0.25) is 0 Å². The number of nitrogens with one attached hydrogen (secondary N) is 1. The van der Waals surface area contributed by atoms with Crippen LogP contribution in [0.4, 0.5) is 0 Å². The fraction of sp³-hybridized carbons (Fsp3) is 0. The minimum absolute atomic E-state index is 0.121. The highest BCUT2D eigenvalue weighted by Crippen LogP contribution is 2.34. The first kappa shape index (κ1) is 11.7. The summed E-state index contributed by atoms with van der Waals surface area (Å²) in [5.41, 5.74) is 2.22. The summed E-state index contributed by atoms with van der Waals surface area (Å²) in [6.07, 6.45) is 4.69. The molecule has 2 heterocycles. The van der Waals surface area contributed by atoms with E-state index in [2.05, 4.69) is 15.0 Å². The number of benzene rings is 1. The predicted molar refractivity (Wildman–Crippen MR) is 71.3 cm³/mol. The average molecular weight is 274 g/mol. The number of aromatic amines is 1. The molecule has 3 aromatic rings. The molecule has 0 aliphatic heterocycles. The highest BCUT2D eigenvalue weighted by molar-refractivity contribution is 6.35. The van der Waals surface area contributed by atoms with E-state index in [1.807, 2.05) is 0 Å². The molecule has 0 amide bonds. The summed E-state index contributed by atoms with van der Waals surface area (Å²) >= 11 is 6.20. The van der Waals surface area contributed by atoms with Crippen LogP contribution in [0.5, 0.6) is 0 Å². The highest BCUT2D eigenvalue weighted by atomic mass is 35.5. The summed E-state index contributed by atoms with van der Waals surface area (Å²) < 4.78 is 0. The van der Waals surface area contributed by atoms with Crippen molar-refractivity contribution in [2.75, 3.05) is 0 Å². The second-order valence-corrected chi connectivity index (χ2v) is 4.41. The molecule has 0 saturated carbocycles. The highest BCUT2D eigenvalue weighted by Gasteiger charge is 2.14. The molecule has 0 atom stereocenters. The zero-order chi connectivity index (χ0) is 13.4. The molecule has 0 aliphatic carbocycles. The second kappa shape index (κ2) is 4.37. The van der Waals surface area contributed by atoms with E-state index in [4.69, 9.17) is 16.7 Å². The quantitative estimate of drug-likeness (QED) is 0.752. The molecule has 2 aromatic heterocycles. The van der Waals surface area contributed by atoms with E-state index >= 15 is 0 Å². The van der Waals surface area contributed by atoms with E-state index in [0.717, 1.165) is 10.9 Å². The van der Waals surface area contributed by atoms with E-state index in [-0.39, 0.29) is 5.69 Å². The maximum Gasteiger partial charge on any atom is 0.352 e. The monoisotopic (exact) mass is 273 g/mol. The van der Waals surface area contributed by atoms with Crippen LogP contribution in [0.3, 0.4) is 0 Å². The van der Waals surface area contributed by atoms with Crippen molar-refractivity contribution in [2.24, 2.45) is 0 Å². The van der Waals surface area contributed by atoms with Crippen molar-refractivity contribution in [1.82, 2.24) is 15.0 Å². The van der Waals surface area contributed by atoms with Crippen molar-refractivity contribution in [3.63, 3.8) is 0 Å². The molecular weight excluding hydrogens is 266 g/mol. The van der Waals surface area contributed by atoms with Crippen LogP contribution >= 0.6 is 11.6 Å². The lowest BCUT2D eigenvalue weighted by Gasteiger charge is -2.05. The van der Waals surface area contributed by atoms with Crippen LogP contribution in [0, 0.1) is 0 Å². The van der Waals surface area contributed by atoms with Crippen molar-refractivity contribution in [3.05, 3.63) is 47.6 Å². The lowest BCUT2D eigenvalue weighted by Crippen LogP contribution is -1.95. The van der Waals surface area contributed by atoms with Gasteiger partial charge in [-0.3, -0.25) is 0 Å². The molecule has 0 unspecified atom stereocenters. The van der Waals surface area contributed by atoms with Crippen molar-refractivity contribution in [3.8, 4) is 11.1 Å². The van der Waals surface area contributed by atoms with Crippen molar-refractivity contribution >= 4 is 28.5 Å². The van der Waals surface area contributed by atoms with Gasteiger partial charge in [0.05, 0.1) is 10.5 Å². The van der Waals surface area contributed by atoms with Crippen LogP contribution in [-0.4, -0.2) is 26.0 Å². The summed E-state index contributed by atoms with van der Waals surface area (Å²) in [5.74, 6) is -1.01. The van der Waals surface area contributed by atoms with Gasteiger partial charge in [0.1, 0.15) is 12.0 Å². The summed E-state index contributed by atoms with van der Waals surface area (Å²) in [7, 11) is 0. The number of hydrogen-bond acceptors (Lipinski definition) is 3. The number of carboxylic acids is 1. The number of aromatic carboxylic acids is 1. The van der Waals surface area contributed by atoms with Crippen LogP contribution < -0.4 is 0 Å². The Morgan fingerprint density at radius 2 is 2.00 bits per heavy atom. The molecule has 5 nitrogen and oxygen atoms in total. The van der Waals surface area contributed by atoms with Gasteiger partial charge in [-0.2, -0.15) is 0 Å². The molecule has 2 N–H and O–H groups in total. The number of halogens is 1. The number of rotatable bonds is 2. The summed E-state index contributed by atoms with van der Waals surface area (Å²) in [5, 5.41) is 10.3. The zero-order valence-electron chi connectivity index (χ0n) is 9.59. The van der Waals surface area contributed by atoms with Crippen LogP contribution in [-0.2, 0) is 0 Å². The lowest BCUT2D eigenvalue weighted by atomic mass is 10.1. The van der Waals surface area contributed by atoms with Crippen LogP contribution in [0.25, 0.3) is 22.0 Å². The Morgan fingerprint density at radius 3 is 2.68 bits per heavy atom. The number of nitrogens with zero attached hydrogens (tertiary/aromatic N) is 2. The zero-order valence-corrected chi connectivity index (χ0v) is 10.3. The molecule has 0 aliphatic rings. The molecule has 0 bridgehead atoms. The Balaban J connectivity index is 2.34. The van der Waals surface area contributed by atoms with Gasteiger partial charge in [-0.1, -0.05) is 17.7 Å². The predicted octanol–water partition coefficient (Wildman–Crippen LogP) is 2.98. The van der Waals surface area contributed by atoms with Crippen molar-refractivity contribution in [1.29, 1.82) is 0 Å². The topological polar surface area (TPSA) is 78.9 Å². The molecule has 94 valence electrons. The number of hydrogen-bond donors (Lipinski definition) is 2. The van der Waals surface area contributed by atoms with Gasteiger partial charge in [-0.15, -0.1) is 0 Å². The molecule has 3 rings (SSSR count). The number of H-pyrrole nitrogens is 1. The van der Waals surface area contributed by atoms with Gasteiger partial charge < -0.3 is 10.1 Å². The Hall–Kier alpha value is -2.40. The molecule has 0 fully saturated rings. The molecule has 0 spiro atoms. The van der Waals surface area contributed by atoms with Gasteiger partial charge in [0.25, 0.3) is 0 Å². The van der Waals surface area contributed by atoms with Crippen LogP contribution in [0.15, 0.2) is 36.9 Å². The van der Waals surface area contributed by atoms with E-state index < -0.39 is 5.97 Å². The van der Waals surface area contributed by atoms with E-state index in [0.29, 0.717) is 16.1 Å². The first-order valence-corrected chi connectivity index (χ1v) is 5.84. The first-order valence-electron chi connectivity index (χ1n) is 5.46. The maximum absolute atomic E-state index is 11.0. The largest absolute Gasteiger partial charge is 0.477 e. The van der Waals surface area contributed by atoms with E-state index in [1.54, 1.807) is 30.6 Å². The third-order valence-electron chi connectivity index (χ3n) is 2.83. The Morgan fingerprint density at radius 1 is 1.26 bits per heavy atom. The lowest BCUT2D eigenvalue weighted by molar-refractivity contribution is 0.0691. The Kier molecular flexibility index (Phi) is 2.68. The third-order valence-corrected chi connectivity index (χ3v) is 3.14. The fourth-order valence-electron chi connectivity index (χ4n) is 2.00. The summed E-state index contributed by atoms with van der Waals surface area (Å²) in [6, 6.07) is 5.07. The number of carbonyl (C=O) groups is 1. The minimum Gasteiger partial charge on any atom is -0.477 e. The van der Waals surface area contributed by atoms with Gasteiger partial charge in [-0.25, -0.2) is 14.8 Å². The molecule has 0 saturated heterocycles. The smallest absolute Gasteiger partial charge is 0.352 e. The average Bonchev–Trinajstić information content (AvgIpc) is 2.83. The first-order chi connectivity index (χ1) is 9.16. The van der Waals surface area contributed by atoms with Gasteiger partial charge in [0.15, 0.2) is 0 Å². The van der Waals surface area contributed by atoms with Gasteiger partial charge in [-0.05, 0) is 12.1 Å². The molecule has 6 heteroatoms. The number of carboxylic acid groups (broad SMARTS) is 1. The van der Waals surface area contributed by atoms with Crippen molar-refractivity contribution < 1.29 is 9.90 Å². The summed E-state index contributed by atoms with van der Waals surface area (Å²) in [6.45, 7) is 0. The minimum atomic E-state index is -1.01. The van der Waals surface area contributed by atoms with Crippen LogP contribution in [0.2, 0.25) is 5.02 Å². The van der Waals surface area contributed by atoms with Gasteiger partial charge in [0, 0.05) is 28.9 Å². The van der Waals surface area contributed by atoms with Crippen LogP contribution in [0.1, 0.15) is 10.5 Å². The molecule has 19 heavy (non-hydrogen) atoms. The van der Waals surface area contributed by atoms with Crippen molar-refractivity contribution in [2.45, 2.75) is 0 Å². The molecule has 1 aromatic carbocycles. The molecule has 0 radical (unpaired) electrons. The SMILES string of the molecule is O=C(O)c1cc2ccc(Cl)c(-c3cncnc3)c2[nH]1. The second-order valence-electron chi connectivity index (χ2n) is 4.00. The van der Waals surface area contributed by atoms with E-state index in [9.17, 15) is 4.79 Å². The molecular formula is C13H8ClN3O2.